The van der Waals surface area contributed by atoms with Crippen LogP contribution in [0.1, 0.15) is 12.8 Å². The molecule has 10 heteroatoms. The van der Waals surface area contributed by atoms with E-state index < -0.39 is 36.1 Å². The molecule has 0 saturated carbocycles. The SMILES string of the molecule is CNC1N=C(OC(=O)O)C(=O)N2C1=COC1C2=C(F)C=C2CCCNC21. The molecule has 0 aromatic carbocycles. The van der Waals surface area contributed by atoms with Crippen molar-refractivity contribution in [3.05, 3.63) is 35.1 Å². The molecule has 3 atom stereocenters. The molecule has 0 aromatic rings. The van der Waals surface area contributed by atoms with Gasteiger partial charge in [-0.25, -0.2) is 14.2 Å². The summed E-state index contributed by atoms with van der Waals surface area (Å²) in [6, 6.07) is -0.250. The van der Waals surface area contributed by atoms with Gasteiger partial charge in [-0.05, 0) is 38.1 Å². The van der Waals surface area contributed by atoms with Crippen LogP contribution in [0, 0.1) is 0 Å². The Morgan fingerprint density at radius 2 is 2.38 bits per heavy atom. The number of ether oxygens (including phenoxy) is 2. The number of nitrogens with zero attached hydrogens (tertiary/aromatic N) is 2. The van der Waals surface area contributed by atoms with E-state index in [0.717, 1.165) is 29.9 Å². The topological polar surface area (TPSA) is 112 Å². The van der Waals surface area contributed by atoms with Gasteiger partial charge in [-0.3, -0.25) is 15.0 Å². The monoisotopic (exact) mass is 364 g/mol. The van der Waals surface area contributed by atoms with E-state index in [1.54, 1.807) is 7.05 Å². The highest BCUT2D eigenvalue weighted by molar-refractivity contribution is 6.38. The van der Waals surface area contributed by atoms with Crippen molar-refractivity contribution in [2.75, 3.05) is 13.6 Å². The molecule has 3 unspecified atom stereocenters. The van der Waals surface area contributed by atoms with Crippen molar-refractivity contribution in [3.8, 4) is 0 Å². The van der Waals surface area contributed by atoms with Crippen LogP contribution in [0.5, 0.6) is 0 Å². The molecule has 138 valence electrons. The average Bonchev–Trinajstić information content (AvgIpc) is 2.63. The third-order valence-electron chi connectivity index (χ3n) is 4.74. The van der Waals surface area contributed by atoms with E-state index in [4.69, 9.17) is 9.84 Å². The minimum atomic E-state index is -1.67. The molecule has 1 fully saturated rings. The number of likely N-dealkylation sites (N-methyl/N-ethyl adjacent to an activating group) is 1. The van der Waals surface area contributed by atoms with Crippen LogP contribution < -0.4 is 10.6 Å². The van der Waals surface area contributed by atoms with Crippen LogP contribution in [0.25, 0.3) is 0 Å². The molecule has 0 bridgehead atoms. The normalized spacial score (nSPS) is 30.2. The van der Waals surface area contributed by atoms with Gasteiger partial charge in [0.25, 0.3) is 5.90 Å². The van der Waals surface area contributed by atoms with Crippen molar-refractivity contribution >= 4 is 18.0 Å². The number of rotatable bonds is 1. The van der Waals surface area contributed by atoms with Crippen LogP contribution in [0.15, 0.2) is 40.1 Å². The lowest BCUT2D eigenvalue weighted by atomic mass is 9.86. The Hall–Kier alpha value is -2.72. The Morgan fingerprint density at radius 1 is 1.58 bits per heavy atom. The fraction of sp³-hybridized carbons (Fsp3) is 0.438. The van der Waals surface area contributed by atoms with Crippen LogP contribution >= 0.6 is 0 Å². The van der Waals surface area contributed by atoms with Gasteiger partial charge in [0.05, 0.1) is 6.04 Å². The number of halogens is 1. The predicted molar refractivity (Wildman–Crippen MR) is 86.4 cm³/mol. The first kappa shape index (κ1) is 16.7. The summed E-state index contributed by atoms with van der Waals surface area (Å²) < 4.78 is 25.2. The summed E-state index contributed by atoms with van der Waals surface area (Å²) in [5.74, 6) is -2.06. The maximum Gasteiger partial charge on any atom is 0.512 e. The molecule has 4 rings (SSSR count). The number of aliphatic imine (C=N–C) groups is 1. The quantitative estimate of drug-likeness (QED) is 0.584. The van der Waals surface area contributed by atoms with Gasteiger partial charge in [-0.2, -0.15) is 0 Å². The van der Waals surface area contributed by atoms with Gasteiger partial charge in [-0.1, -0.05) is 0 Å². The van der Waals surface area contributed by atoms with Crippen molar-refractivity contribution in [2.24, 2.45) is 4.99 Å². The molecule has 1 aliphatic carbocycles. The fourth-order valence-corrected chi connectivity index (χ4v) is 3.66. The lowest BCUT2D eigenvalue weighted by molar-refractivity contribution is -0.125. The van der Waals surface area contributed by atoms with Gasteiger partial charge in [0.2, 0.25) is 0 Å². The average molecular weight is 364 g/mol. The van der Waals surface area contributed by atoms with Crippen LogP contribution in [0.2, 0.25) is 0 Å². The number of fused-ring (bicyclic) bond motifs is 5. The summed E-state index contributed by atoms with van der Waals surface area (Å²) in [7, 11) is 1.57. The van der Waals surface area contributed by atoms with Crippen molar-refractivity contribution in [2.45, 2.75) is 31.2 Å². The highest BCUT2D eigenvalue weighted by Gasteiger charge is 2.48. The lowest BCUT2D eigenvalue weighted by Crippen LogP contribution is -2.57. The molecule has 0 aromatic heterocycles. The maximum absolute atomic E-state index is 14.9. The van der Waals surface area contributed by atoms with Crippen molar-refractivity contribution in [1.29, 1.82) is 0 Å². The second-order valence-electron chi connectivity index (χ2n) is 6.22. The van der Waals surface area contributed by atoms with Gasteiger partial charge in [-0.15, -0.1) is 0 Å². The zero-order valence-corrected chi connectivity index (χ0v) is 13.9. The van der Waals surface area contributed by atoms with E-state index in [1.165, 1.54) is 12.3 Å². The van der Waals surface area contributed by atoms with Crippen LogP contribution in [0.3, 0.4) is 0 Å². The molecule has 3 aliphatic heterocycles. The molecule has 0 radical (unpaired) electrons. The third-order valence-corrected chi connectivity index (χ3v) is 4.74. The summed E-state index contributed by atoms with van der Waals surface area (Å²) >= 11 is 0. The largest absolute Gasteiger partial charge is 0.512 e. The molecule has 4 aliphatic rings. The molecule has 3 N–H and O–H groups in total. The van der Waals surface area contributed by atoms with Crippen molar-refractivity contribution < 1.29 is 28.6 Å². The summed E-state index contributed by atoms with van der Waals surface area (Å²) in [5, 5.41) is 14.9. The van der Waals surface area contributed by atoms with Crippen molar-refractivity contribution in [1.82, 2.24) is 15.5 Å². The number of carbonyl (C=O) groups excluding carboxylic acids is 1. The molecule has 1 amide bonds. The summed E-state index contributed by atoms with van der Waals surface area (Å²) in [6.07, 6.45) is 1.21. The first-order chi connectivity index (χ1) is 12.5. The summed E-state index contributed by atoms with van der Waals surface area (Å²) in [4.78, 5) is 28.7. The number of carbonyl (C=O) groups is 2. The Labute approximate surface area is 147 Å². The zero-order valence-electron chi connectivity index (χ0n) is 13.9. The fourth-order valence-electron chi connectivity index (χ4n) is 3.66. The Kier molecular flexibility index (Phi) is 4.00. The van der Waals surface area contributed by atoms with Gasteiger partial charge in [0.15, 0.2) is 6.10 Å². The number of nitrogens with one attached hydrogen (secondary N) is 2. The predicted octanol–water partition coefficient (Wildman–Crippen LogP) is 0.580. The molecule has 9 nitrogen and oxygen atoms in total. The van der Waals surface area contributed by atoms with Gasteiger partial charge < -0.3 is 19.9 Å². The second kappa shape index (κ2) is 6.22. The van der Waals surface area contributed by atoms with E-state index in [2.05, 4.69) is 20.4 Å². The van der Waals surface area contributed by atoms with Crippen LogP contribution in [-0.2, 0) is 14.3 Å². The smallest absolute Gasteiger partial charge is 0.488 e. The highest BCUT2D eigenvalue weighted by atomic mass is 19.1. The molecular formula is C16H17FN4O5. The minimum absolute atomic E-state index is 0.0253. The maximum atomic E-state index is 14.9. The number of allylic oxidation sites excluding steroid dienone is 2. The summed E-state index contributed by atoms with van der Waals surface area (Å²) in [5.41, 5.74) is 1.17. The van der Waals surface area contributed by atoms with Crippen LogP contribution in [-0.4, -0.2) is 59.9 Å². The summed E-state index contributed by atoms with van der Waals surface area (Å²) in [6.45, 7) is 0.759. The highest BCUT2D eigenvalue weighted by Crippen LogP contribution is 2.40. The molecule has 3 heterocycles. The van der Waals surface area contributed by atoms with E-state index in [9.17, 15) is 14.0 Å². The van der Waals surface area contributed by atoms with Gasteiger partial charge in [0.1, 0.15) is 29.6 Å². The number of piperidine rings is 1. The van der Waals surface area contributed by atoms with Crippen LogP contribution in [0.4, 0.5) is 9.18 Å². The van der Waals surface area contributed by atoms with Gasteiger partial charge in [0, 0.05) is 0 Å². The first-order valence-corrected chi connectivity index (χ1v) is 8.20. The Bertz CT molecular complexity index is 802. The van der Waals surface area contributed by atoms with E-state index >= 15 is 0 Å². The van der Waals surface area contributed by atoms with E-state index in [1.807, 2.05) is 0 Å². The molecular weight excluding hydrogens is 347 g/mol. The Balaban J connectivity index is 1.80. The zero-order chi connectivity index (χ0) is 18.4. The molecule has 26 heavy (non-hydrogen) atoms. The second-order valence-corrected chi connectivity index (χ2v) is 6.22. The minimum Gasteiger partial charge on any atom is -0.488 e. The number of hydrogen-bond acceptors (Lipinski definition) is 7. The number of amides is 1. The lowest BCUT2D eigenvalue weighted by Gasteiger charge is -2.45. The molecule has 1 saturated heterocycles. The molecule has 0 spiro atoms. The van der Waals surface area contributed by atoms with Crippen molar-refractivity contribution in [3.63, 3.8) is 0 Å². The van der Waals surface area contributed by atoms with E-state index in [0.29, 0.717) is 0 Å². The van der Waals surface area contributed by atoms with E-state index in [-0.39, 0.29) is 17.4 Å². The third kappa shape index (κ3) is 2.49. The number of carboxylic acid groups (broad SMARTS) is 1. The standard InChI is InChI=1S/C16H17FN4O5/c1-18-13-9-6-25-12-10-7(3-2-4-19-10)5-8(17)11(12)21(9)15(22)14(20-13)26-16(23)24/h5-6,10,12-13,18-19H,2-4H2,1H3,(H,23,24). The van der Waals surface area contributed by atoms with Gasteiger partial charge >= 0.3 is 12.1 Å². The Morgan fingerprint density at radius 3 is 3.12 bits per heavy atom. The first-order valence-electron chi connectivity index (χ1n) is 8.20. The number of hydrogen-bond donors (Lipinski definition) is 3.